The summed E-state index contributed by atoms with van der Waals surface area (Å²) in [4.78, 5) is 12.9. The number of carbonyl (C=O) groups is 1. The molecule has 1 fully saturated rings. The number of esters is 1. The van der Waals surface area contributed by atoms with Crippen molar-refractivity contribution in [1.82, 2.24) is 0 Å². The zero-order valence-corrected chi connectivity index (χ0v) is 37.3. The van der Waals surface area contributed by atoms with Gasteiger partial charge in [0.15, 0.2) is 6.29 Å². The molecule has 0 spiro atoms. The summed E-state index contributed by atoms with van der Waals surface area (Å²) in [5, 5.41) is 50.9. The summed E-state index contributed by atoms with van der Waals surface area (Å²) < 4.78 is 16.9. The van der Waals surface area contributed by atoms with Gasteiger partial charge in [0, 0.05) is 12.8 Å². The van der Waals surface area contributed by atoms with E-state index in [1.165, 1.54) is 173 Å². The first kappa shape index (κ1) is 54.2. The molecule has 0 saturated carbocycles. The summed E-state index contributed by atoms with van der Waals surface area (Å²) in [5.41, 5.74) is 0. The van der Waals surface area contributed by atoms with Crippen molar-refractivity contribution in [2.24, 2.45) is 0 Å². The number of unbranched alkanes of at least 4 members (excludes halogenated alkanes) is 31. The second-order valence-corrected chi connectivity index (χ2v) is 17.5. The van der Waals surface area contributed by atoms with Crippen molar-refractivity contribution in [2.45, 2.75) is 288 Å². The normalized spacial score (nSPS) is 20.9. The van der Waals surface area contributed by atoms with Crippen molar-refractivity contribution in [2.75, 3.05) is 13.2 Å². The lowest BCUT2D eigenvalue weighted by Crippen LogP contribution is -2.59. The molecule has 0 aromatic rings. The second kappa shape index (κ2) is 39.3. The van der Waals surface area contributed by atoms with Crippen LogP contribution in [0.5, 0.6) is 0 Å². The molecule has 57 heavy (non-hydrogen) atoms. The molecule has 0 aromatic heterocycles. The van der Waals surface area contributed by atoms with Crippen molar-refractivity contribution in [3.05, 3.63) is 0 Å². The van der Waals surface area contributed by atoms with Crippen LogP contribution in [0.25, 0.3) is 0 Å². The Morgan fingerprint density at radius 3 is 1.26 bits per heavy atom. The van der Waals surface area contributed by atoms with Gasteiger partial charge in [-0.3, -0.25) is 4.79 Å². The number of aliphatic hydroxyl groups is 5. The van der Waals surface area contributed by atoms with E-state index >= 15 is 0 Å². The summed E-state index contributed by atoms with van der Waals surface area (Å²) in [5.74, 6) is -0.273. The van der Waals surface area contributed by atoms with E-state index in [2.05, 4.69) is 13.8 Å². The van der Waals surface area contributed by atoms with Crippen molar-refractivity contribution < 1.29 is 44.5 Å². The molecule has 0 bridgehead atoms. The van der Waals surface area contributed by atoms with Gasteiger partial charge in [-0.15, -0.1) is 0 Å². The third kappa shape index (κ3) is 30.0. The summed E-state index contributed by atoms with van der Waals surface area (Å²) in [6.07, 6.45) is 35.1. The lowest BCUT2D eigenvalue weighted by molar-refractivity contribution is -0.302. The van der Waals surface area contributed by atoms with Crippen molar-refractivity contribution in [1.29, 1.82) is 0 Å². The topological polar surface area (TPSA) is 146 Å². The van der Waals surface area contributed by atoms with E-state index in [0.717, 1.165) is 38.5 Å². The largest absolute Gasteiger partial charge is 0.460 e. The Morgan fingerprint density at radius 1 is 0.509 bits per heavy atom. The zero-order valence-electron chi connectivity index (χ0n) is 37.3. The highest BCUT2D eigenvalue weighted by molar-refractivity contribution is 5.69. The van der Waals surface area contributed by atoms with Crippen molar-refractivity contribution >= 4 is 5.97 Å². The van der Waals surface area contributed by atoms with Gasteiger partial charge in [-0.2, -0.15) is 0 Å². The Bertz CT molecular complexity index is 858. The number of aliphatic hydroxyl groups excluding tert-OH is 5. The van der Waals surface area contributed by atoms with Gasteiger partial charge in [-0.05, 0) is 19.3 Å². The van der Waals surface area contributed by atoms with Crippen LogP contribution >= 0.6 is 0 Å². The van der Waals surface area contributed by atoms with Crippen LogP contribution in [-0.2, 0) is 19.0 Å². The summed E-state index contributed by atoms with van der Waals surface area (Å²) in [6.45, 7) is 3.98. The molecule has 1 saturated heterocycles. The SMILES string of the molecule is CCCCCCCCCCCCCCCCCCCCCCCC(=O)OC(CCCCCCCCCCCCCC)C(O)CCO[C@H]1O[C@H](CO)[C@H](O)[C@H](O)[C@H]1O. The molecule has 1 aliphatic heterocycles. The maximum absolute atomic E-state index is 12.9. The summed E-state index contributed by atoms with van der Waals surface area (Å²) in [7, 11) is 0. The minimum Gasteiger partial charge on any atom is -0.460 e. The van der Waals surface area contributed by atoms with E-state index in [4.69, 9.17) is 14.2 Å². The van der Waals surface area contributed by atoms with Gasteiger partial charge >= 0.3 is 5.97 Å². The molecule has 0 amide bonds. The Balaban J connectivity index is 2.24. The number of ether oxygens (including phenoxy) is 3. The highest BCUT2D eigenvalue weighted by Gasteiger charge is 2.44. The fourth-order valence-electron chi connectivity index (χ4n) is 8.14. The van der Waals surface area contributed by atoms with Crippen molar-refractivity contribution in [3.63, 3.8) is 0 Å². The molecule has 0 aliphatic carbocycles. The van der Waals surface area contributed by atoms with E-state index in [1.54, 1.807) is 0 Å². The molecule has 1 rings (SSSR count). The molecule has 1 aliphatic rings. The molecule has 9 nitrogen and oxygen atoms in total. The van der Waals surface area contributed by atoms with Crippen LogP contribution in [0.15, 0.2) is 0 Å². The quantitative estimate of drug-likeness (QED) is 0.0300. The van der Waals surface area contributed by atoms with Gasteiger partial charge in [0.05, 0.1) is 19.3 Å². The van der Waals surface area contributed by atoms with Crippen LogP contribution in [0, 0.1) is 0 Å². The number of hydrogen-bond donors (Lipinski definition) is 5. The second-order valence-electron chi connectivity index (χ2n) is 17.5. The number of hydrogen-bond acceptors (Lipinski definition) is 9. The third-order valence-electron chi connectivity index (χ3n) is 12.1. The Morgan fingerprint density at radius 2 is 0.877 bits per heavy atom. The maximum atomic E-state index is 12.9. The molecule has 5 N–H and O–H groups in total. The van der Waals surface area contributed by atoms with Gasteiger partial charge in [-0.25, -0.2) is 0 Å². The molecule has 0 aromatic carbocycles. The standard InChI is InChI=1S/C48H94O9/c1-3-5-7-9-11-13-15-17-18-19-20-21-22-23-24-25-27-29-31-33-35-37-44(51)56-42(36-34-32-30-28-26-16-14-12-10-8-6-4-2)41(50)38-39-55-48-47(54)46(53)45(52)43(40-49)57-48/h41-43,45-50,52-54H,3-40H2,1-2H3/t41?,42?,43-,45+,46+,47-,48+/m1/s1. The molecule has 1 heterocycles. The van der Waals surface area contributed by atoms with Crippen LogP contribution < -0.4 is 0 Å². The van der Waals surface area contributed by atoms with Gasteiger partial charge in [-0.1, -0.05) is 213 Å². The first-order valence-electron chi connectivity index (χ1n) is 24.6. The van der Waals surface area contributed by atoms with E-state index in [-0.39, 0.29) is 19.0 Å². The average molecular weight is 815 g/mol. The number of rotatable bonds is 42. The minimum atomic E-state index is -1.52. The molecule has 340 valence electrons. The van der Waals surface area contributed by atoms with Crippen LogP contribution in [0.1, 0.15) is 245 Å². The van der Waals surface area contributed by atoms with Gasteiger partial charge in [0.25, 0.3) is 0 Å². The third-order valence-corrected chi connectivity index (χ3v) is 12.1. The van der Waals surface area contributed by atoms with E-state index in [9.17, 15) is 30.3 Å². The van der Waals surface area contributed by atoms with Crippen LogP contribution in [-0.4, -0.2) is 87.6 Å². The van der Waals surface area contributed by atoms with E-state index < -0.39 is 49.5 Å². The van der Waals surface area contributed by atoms with Crippen LogP contribution in [0.2, 0.25) is 0 Å². The fraction of sp³-hybridized carbons (Fsp3) is 0.979. The Labute approximate surface area is 350 Å². The lowest BCUT2D eigenvalue weighted by Gasteiger charge is -2.39. The van der Waals surface area contributed by atoms with Crippen molar-refractivity contribution in [3.8, 4) is 0 Å². The highest BCUT2D eigenvalue weighted by atomic mass is 16.7. The first-order chi connectivity index (χ1) is 27.8. The molecule has 9 heteroatoms. The van der Waals surface area contributed by atoms with Gasteiger partial charge in [0.1, 0.15) is 30.5 Å². The Kier molecular flexibility index (Phi) is 37.4. The first-order valence-corrected chi connectivity index (χ1v) is 24.6. The fourth-order valence-corrected chi connectivity index (χ4v) is 8.14. The lowest BCUT2D eigenvalue weighted by atomic mass is 9.99. The predicted octanol–water partition coefficient (Wildman–Crippen LogP) is 11.2. The summed E-state index contributed by atoms with van der Waals surface area (Å²) >= 11 is 0. The Hall–Kier alpha value is -0.810. The van der Waals surface area contributed by atoms with E-state index in [1.807, 2.05) is 0 Å². The van der Waals surface area contributed by atoms with Gasteiger partial charge in [0.2, 0.25) is 0 Å². The number of carbonyl (C=O) groups excluding carboxylic acids is 1. The molecule has 2 unspecified atom stereocenters. The molecule has 0 radical (unpaired) electrons. The van der Waals surface area contributed by atoms with Crippen LogP contribution in [0.4, 0.5) is 0 Å². The summed E-state index contributed by atoms with van der Waals surface area (Å²) in [6, 6.07) is 0. The smallest absolute Gasteiger partial charge is 0.306 e. The highest BCUT2D eigenvalue weighted by Crippen LogP contribution is 2.24. The average Bonchev–Trinajstić information content (AvgIpc) is 3.21. The van der Waals surface area contributed by atoms with Crippen LogP contribution in [0.3, 0.4) is 0 Å². The van der Waals surface area contributed by atoms with E-state index in [0.29, 0.717) is 12.8 Å². The molecule has 7 atom stereocenters. The molecular formula is C48H94O9. The molecular weight excluding hydrogens is 721 g/mol. The zero-order chi connectivity index (χ0) is 41.6. The van der Waals surface area contributed by atoms with Gasteiger partial charge < -0.3 is 39.7 Å². The predicted molar refractivity (Wildman–Crippen MR) is 233 cm³/mol. The maximum Gasteiger partial charge on any atom is 0.306 e. The minimum absolute atomic E-state index is 0.0181. The monoisotopic (exact) mass is 815 g/mol.